The molecule has 0 spiro atoms. The van der Waals surface area contributed by atoms with Crippen LogP contribution in [0.2, 0.25) is 0 Å². The predicted octanol–water partition coefficient (Wildman–Crippen LogP) is 3.55. The molecule has 1 unspecified atom stereocenters. The van der Waals surface area contributed by atoms with E-state index in [-0.39, 0.29) is 5.91 Å². The molecule has 0 radical (unpaired) electrons. The second kappa shape index (κ2) is 8.23. The molecule has 0 aliphatic heterocycles. The Bertz CT molecular complexity index is 595. The first-order valence-corrected chi connectivity index (χ1v) is 7.67. The third-order valence-corrected chi connectivity index (χ3v) is 3.81. The molecule has 2 aromatic rings. The summed E-state index contributed by atoms with van der Waals surface area (Å²) in [4.78, 5) is 12.1. The Morgan fingerprint density at radius 1 is 1.14 bits per heavy atom. The normalized spacial score (nSPS) is 11.7. The zero-order chi connectivity index (χ0) is 15.8. The number of rotatable bonds is 7. The molecule has 0 saturated heterocycles. The largest absolute Gasteiger partial charge is 0.497 e. The van der Waals surface area contributed by atoms with E-state index in [2.05, 4.69) is 24.4 Å². The Kier molecular flexibility index (Phi) is 6.01. The first kappa shape index (κ1) is 16.1. The maximum Gasteiger partial charge on any atom is 0.224 e. The van der Waals surface area contributed by atoms with Gasteiger partial charge in [0.1, 0.15) is 5.75 Å². The summed E-state index contributed by atoms with van der Waals surface area (Å²) < 4.78 is 5.18. The second-order valence-corrected chi connectivity index (χ2v) is 5.35. The van der Waals surface area contributed by atoms with Crippen LogP contribution in [-0.2, 0) is 11.2 Å². The van der Waals surface area contributed by atoms with Crippen molar-refractivity contribution in [2.24, 2.45) is 0 Å². The van der Waals surface area contributed by atoms with Gasteiger partial charge >= 0.3 is 0 Å². The average molecular weight is 297 g/mol. The number of carbonyl (C=O) groups excluding carboxylic acids is 1. The number of hydrogen-bond acceptors (Lipinski definition) is 2. The van der Waals surface area contributed by atoms with E-state index in [9.17, 15) is 4.79 Å². The number of methoxy groups -OCH3 is 1. The second-order valence-electron chi connectivity index (χ2n) is 5.35. The Morgan fingerprint density at radius 3 is 2.59 bits per heavy atom. The molecule has 22 heavy (non-hydrogen) atoms. The van der Waals surface area contributed by atoms with Crippen molar-refractivity contribution < 1.29 is 9.53 Å². The van der Waals surface area contributed by atoms with Crippen LogP contribution < -0.4 is 10.1 Å². The van der Waals surface area contributed by atoms with Crippen LogP contribution in [0.25, 0.3) is 0 Å². The Labute approximate surface area is 132 Å². The topological polar surface area (TPSA) is 38.3 Å². The zero-order valence-electron chi connectivity index (χ0n) is 13.2. The fourth-order valence-corrected chi connectivity index (χ4v) is 2.49. The van der Waals surface area contributed by atoms with Crippen LogP contribution in [0.3, 0.4) is 0 Å². The fraction of sp³-hybridized carbons (Fsp3) is 0.316. The van der Waals surface area contributed by atoms with Crippen molar-refractivity contribution in [3.05, 3.63) is 65.7 Å². The van der Waals surface area contributed by atoms with Gasteiger partial charge in [-0.3, -0.25) is 4.79 Å². The minimum Gasteiger partial charge on any atom is -0.497 e. The van der Waals surface area contributed by atoms with Crippen LogP contribution in [0, 0.1) is 0 Å². The van der Waals surface area contributed by atoms with Crippen molar-refractivity contribution in [2.75, 3.05) is 13.7 Å². The fourth-order valence-electron chi connectivity index (χ4n) is 2.49. The van der Waals surface area contributed by atoms with Gasteiger partial charge in [0.15, 0.2) is 0 Å². The molecule has 0 saturated carbocycles. The highest BCUT2D eigenvalue weighted by Crippen LogP contribution is 2.18. The summed E-state index contributed by atoms with van der Waals surface area (Å²) >= 11 is 0. The molecular weight excluding hydrogens is 274 g/mol. The Morgan fingerprint density at radius 2 is 1.91 bits per heavy atom. The van der Waals surface area contributed by atoms with Gasteiger partial charge < -0.3 is 10.1 Å². The van der Waals surface area contributed by atoms with Crippen LogP contribution in [0.4, 0.5) is 0 Å². The van der Waals surface area contributed by atoms with Gasteiger partial charge in [0.2, 0.25) is 5.91 Å². The molecule has 2 rings (SSSR count). The predicted molar refractivity (Wildman–Crippen MR) is 89.2 cm³/mol. The van der Waals surface area contributed by atoms with Gasteiger partial charge in [-0.05, 0) is 29.7 Å². The minimum atomic E-state index is 0.0441. The van der Waals surface area contributed by atoms with Crippen molar-refractivity contribution in [1.82, 2.24) is 5.32 Å². The zero-order valence-corrected chi connectivity index (χ0v) is 13.2. The van der Waals surface area contributed by atoms with Gasteiger partial charge in [-0.2, -0.15) is 0 Å². The summed E-state index contributed by atoms with van der Waals surface area (Å²) in [6.07, 6.45) is 1.38. The maximum atomic E-state index is 12.1. The smallest absolute Gasteiger partial charge is 0.224 e. The van der Waals surface area contributed by atoms with Gasteiger partial charge in [0.05, 0.1) is 13.5 Å². The van der Waals surface area contributed by atoms with E-state index >= 15 is 0 Å². The van der Waals surface area contributed by atoms with E-state index in [0.717, 1.165) is 17.7 Å². The van der Waals surface area contributed by atoms with Crippen LogP contribution >= 0.6 is 0 Å². The van der Waals surface area contributed by atoms with E-state index < -0.39 is 0 Å². The first-order chi connectivity index (χ1) is 10.7. The van der Waals surface area contributed by atoms with Crippen molar-refractivity contribution in [3.8, 4) is 5.75 Å². The molecule has 1 atom stereocenters. The molecule has 0 fully saturated rings. The molecule has 1 N–H and O–H groups in total. The van der Waals surface area contributed by atoms with E-state index in [4.69, 9.17) is 4.74 Å². The highest BCUT2D eigenvalue weighted by Gasteiger charge is 2.11. The molecule has 3 nitrogen and oxygen atoms in total. The quantitative estimate of drug-likeness (QED) is 0.849. The molecular formula is C19H23NO2. The summed E-state index contributed by atoms with van der Waals surface area (Å²) in [5.74, 6) is 1.18. The maximum absolute atomic E-state index is 12.1. The van der Waals surface area contributed by atoms with Crippen molar-refractivity contribution in [1.29, 1.82) is 0 Å². The summed E-state index contributed by atoms with van der Waals surface area (Å²) in [5.41, 5.74) is 2.23. The minimum absolute atomic E-state index is 0.0441. The van der Waals surface area contributed by atoms with Crippen LogP contribution in [0.15, 0.2) is 54.6 Å². The summed E-state index contributed by atoms with van der Waals surface area (Å²) in [6, 6.07) is 17.9. The monoisotopic (exact) mass is 297 g/mol. The molecule has 0 aliphatic rings. The Balaban J connectivity index is 1.89. The molecule has 0 aromatic heterocycles. The molecule has 0 bridgehead atoms. The van der Waals surface area contributed by atoms with Crippen LogP contribution in [0.1, 0.15) is 30.4 Å². The van der Waals surface area contributed by atoms with Crippen molar-refractivity contribution in [2.45, 2.75) is 25.7 Å². The molecule has 1 amide bonds. The van der Waals surface area contributed by atoms with Gasteiger partial charge in [0.25, 0.3) is 0 Å². The van der Waals surface area contributed by atoms with Crippen LogP contribution in [-0.4, -0.2) is 19.6 Å². The van der Waals surface area contributed by atoms with Crippen LogP contribution in [0.5, 0.6) is 5.75 Å². The number of ether oxygens (including phenoxy) is 1. The lowest BCUT2D eigenvalue weighted by Gasteiger charge is -2.16. The third kappa shape index (κ3) is 4.62. The highest BCUT2D eigenvalue weighted by atomic mass is 16.5. The lowest BCUT2D eigenvalue weighted by molar-refractivity contribution is -0.120. The van der Waals surface area contributed by atoms with E-state index in [1.807, 2.05) is 42.5 Å². The van der Waals surface area contributed by atoms with Crippen molar-refractivity contribution in [3.63, 3.8) is 0 Å². The van der Waals surface area contributed by atoms with Crippen molar-refractivity contribution >= 4 is 5.91 Å². The number of hydrogen-bond donors (Lipinski definition) is 1. The highest BCUT2D eigenvalue weighted by molar-refractivity contribution is 5.78. The lowest BCUT2D eigenvalue weighted by Crippen LogP contribution is -2.29. The summed E-state index contributed by atoms with van der Waals surface area (Å²) in [5, 5.41) is 3.04. The van der Waals surface area contributed by atoms with E-state index in [1.165, 1.54) is 5.56 Å². The first-order valence-electron chi connectivity index (χ1n) is 7.67. The van der Waals surface area contributed by atoms with Gasteiger partial charge in [-0.1, -0.05) is 49.4 Å². The molecule has 0 heterocycles. The molecule has 2 aromatic carbocycles. The van der Waals surface area contributed by atoms with Gasteiger partial charge in [-0.15, -0.1) is 0 Å². The van der Waals surface area contributed by atoms with E-state index in [0.29, 0.717) is 18.9 Å². The van der Waals surface area contributed by atoms with Gasteiger partial charge in [-0.25, -0.2) is 0 Å². The lowest BCUT2D eigenvalue weighted by atomic mass is 9.96. The summed E-state index contributed by atoms with van der Waals surface area (Å²) in [6.45, 7) is 2.81. The number of amides is 1. The van der Waals surface area contributed by atoms with E-state index in [1.54, 1.807) is 7.11 Å². The summed E-state index contributed by atoms with van der Waals surface area (Å²) in [7, 11) is 1.63. The average Bonchev–Trinajstić information content (AvgIpc) is 2.56. The SMILES string of the molecule is CCC(CNC(=O)Cc1cccc(OC)c1)c1ccccc1. The molecule has 0 aliphatic carbocycles. The van der Waals surface area contributed by atoms with Gasteiger partial charge in [0, 0.05) is 12.5 Å². The number of nitrogens with one attached hydrogen (secondary N) is 1. The number of benzene rings is 2. The molecule has 3 heteroatoms. The number of carbonyl (C=O) groups is 1. The third-order valence-electron chi connectivity index (χ3n) is 3.81. The standard InChI is InChI=1S/C19H23NO2/c1-3-16(17-9-5-4-6-10-17)14-20-19(21)13-15-8-7-11-18(12-15)22-2/h4-12,16H,3,13-14H2,1-2H3,(H,20,21). The Hall–Kier alpha value is -2.29. The molecule has 116 valence electrons.